The zero-order valence-electron chi connectivity index (χ0n) is 14.8. The molecule has 1 amide bonds. The molecule has 26 heavy (non-hydrogen) atoms. The van der Waals surface area contributed by atoms with Gasteiger partial charge < -0.3 is 25.8 Å². The summed E-state index contributed by atoms with van der Waals surface area (Å²) in [5.74, 6) is 2.22. The summed E-state index contributed by atoms with van der Waals surface area (Å²) in [5.41, 5.74) is 6.72. The maximum Gasteiger partial charge on any atom is 0.223 e. The van der Waals surface area contributed by atoms with Crippen LogP contribution in [0.25, 0.3) is 0 Å². The molecule has 1 aliphatic carbocycles. The van der Waals surface area contributed by atoms with Crippen molar-refractivity contribution in [2.45, 2.75) is 32.1 Å². The van der Waals surface area contributed by atoms with E-state index in [1.807, 2.05) is 18.2 Å². The summed E-state index contributed by atoms with van der Waals surface area (Å²) in [5, 5.41) is 6.00. The summed E-state index contributed by atoms with van der Waals surface area (Å²) in [6.45, 7) is 2.51. The summed E-state index contributed by atoms with van der Waals surface area (Å²) in [6.07, 6.45) is 4.86. The number of hydrogen-bond acceptors (Lipinski definition) is 4. The van der Waals surface area contributed by atoms with Crippen molar-refractivity contribution in [1.82, 2.24) is 5.32 Å². The van der Waals surface area contributed by atoms with E-state index in [4.69, 9.17) is 15.2 Å². The van der Waals surface area contributed by atoms with Crippen LogP contribution in [0.3, 0.4) is 0 Å². The highest BCUT2D eigenvalue weighted by Crippen LogP contribution is 2.32. The molecule has 0 saturated heterocycles. The van der Waals surface area contributed by atoms with E-state index in [1.165, 1.54) is 6.42 Å². The minimum Gasteiger partial charge on any atom is -0.490 e. The number of guanidine groups is 1. The monoisotopic (exact) mass is 474 g/mol. The van der Waals surface area contributed by atoms with Crippen molar-refractivity contribution in [3.8, 4) is 11.5 Å². The first-order valence-electron chi connectivity index (χ1n) is 8.96. The van der Waals surface area contributed by atoms with Crippen LogP contribution in [0.15, 0.2) is 23.2 Å². The smallest absolute Gasteiger partial charge is 0.223 e. The molecular formula is C18H27IN4O3. The molecule has 7 nitrogen and oxygen atoms in total. The van der Waals surface area contributed by atoms with Gasteiger partial charge in [-0.3, -0.25) is 9.79 Å². The first-order valence-corrected chi connectivity index (χ1v) is 8.96. The second-order valence-electron chi connectivity index (χ2n) is 6.38. The van der Waals surface area contributed by atoms with Crippen molar-refractivity contribution >= 4 is 41.5 Å². The molecular weight excluding hydrogens is 447 g/mol. The van der Waals surface area contributed by atoms with Crippen LogP contribution in [0, 0.1) is 5.92 Å². The lowest BCUT2D eigenvalue weighted by Gasteiger charge is -2.23. The molecule has 0 bridgehead atoms. The van der Waals surface area contributed by atoms with Gasteiger partial charge in [0.1, 0.15) is 0 Å². The Balaban J connectivity index is 0.00000243. The number of fused-ring (bicyclic) bond motifs is 1. The number of anilines is 1. The van der Waals surface area contributed by atoms with E-state index >= 15 is 0 Å². The zero-order valence-corrected chi connectivity index (χ0v) is 17.2. The van der Waals surface area contributed by atoms with Crippen LogP contribution in [0.1, 0.15) is 32.1 Å². The third-order valence-corrected chi connectivity index (χ3v) is 4.41. The predicted molar refractivity (Wildman–Crippen MR) is 113 cm³/mol. The topological polar surface area (TPSA) is 98.0 Å². The Morgan fingerprint density at radius 1 is 1.19 bits per heavy atom. The number of nitrogens with zero attached hydrogens (tertiary/aromatic N) is 1. The number of amides is 1. The van der Waals surface area contributed by atoms with Gasteiger partial charge in [0, 0.05) is 37.2 Å². The Hall–Kier alpha value is -1.71. The number of halogens is 1. The fraction of sp³-hybridized carbons (Fsp3) is 0.556. The number of carbonyl (C=O) groups excluding carboxylic acids is 1. The van der Waals surface area contributed by atoms with Crippen molar-refractivity contribution in [3.63, 3.8) is 0 Å². The summed E-state index contributed by atoms with van der Waals surface area (Å²) in [7, 11) is 0. The molecule has 4 N–H and O–H groups in total. The molecule has 1 saturated carbocycles. The summed E-state index contributed by atoms with van der Waals surface area (Å²) in [4.78, 5) is 16.0. The van der Waals surface area contributed by atoms with Crippen LogP contribution in [0.4, 0.5) is 5.69 Å². The SMILES string of the molecule is I.NC(=NCCCNC(=O)C1CCC1)Nc1ccc2c(c1)OCCCO2. The Kier molecular flexibility index (Phi) is 8.27. The number of ether oxygens (including phenoxy) is 2. The van der Waals surface area contributed by atoms with E-state index in [2.05, 4.69) is 15.6 Å². The van der Waals surface area contributed by atoms with Crippen molar-refractivity contribution in [1.29, 1.82) is 0 Å². The molecule has 1 heterocycles. The maximum atomic E-state index is 11.7. The molecule has 0 atom stereocenters. The summed E-state index contributed by atoms with van der Waals surface area (Å²) >= 11 is 0. The van der Waals surface area contributed by atoms with Gasteiger partial charge in [-0.15, -0.1) is 24.0 Å². The Labute approximate surface area is 171 Å². The number of benzene rings is 1. The number of rotatable bonds is 6. The quantitative estimate of drug-likeness (QED) is 0.255. The largest absolute Gasteiger partial charge is 0.490 e. The van der Waals surface area contributed by atoms with Crippen LogP contribution in [-0.2, 0) is 4.79 Å². The van der Waals surface area contributed by atoms with Crippen LogP contribution >= 0.6 is 24.0 Å². The Morgan fingerprint density at radius 3 is 2.69 bits per heavy atom. The molecule has 3 rings (SSSR count). The average molecular weight is 474 g/mol. The minimum absolute atomic E-state index is 0. The fourth-order valence-corrected chi connectivity index (χ4v) is 2.73. The van der Waals surface area contributed by atoms with E-state index in [9.17, 15) is 4.79 Å². The van der Waals surface area contributed by atoms with E-state index in [0.717, 1.165) is 37.1 Å². The minimum atomic E-state index is 0. The number of hydrogen-bond donors (Lipinski definition) is 3. The lowest BCUT2D eigenvalue weighted by atomic mass is 9.85. The zero-order chi connectivity index (χ0) is 17.5. The van der Waals surface area contributed by atoms with E-state index in [0.29, 0.717) is 38.0 Å². The van der Waals surface area contributed by atoms with Gasteiger partial charge >= 0.3 is 0 Å². The molecule has 2 aliphatic rings. The molecule has 1 fully saturated rings. The Morgan fingerprint density at radius 2 is 1.96 bits per heavy atom. The van der Waals surface area contributed by atoms with Crippen molar-refractivity contribution in [2.24, 2.45) is 16.6 Å². The normalized spacial score (nSPS) is 16.7. The fourth-order valence-electron chi connectivity index (χ4n) is 2.73. The molecule has 8 heteroatoms. The summed E-state index contributed by atoms with van der Waals surface area (Å²) in [6, 6.07) is 5.61. The van der Waals surface area contributed by atoms with Crippen LogP contribution in [0.5, 0.6) is 11.5 Å². The van der Waals surface area contributed by atoms with Gasteiger partial charge in [-0.2, -0.15) is 0 Å². The van der Waals surface area contributed by atoms with Crippen LogP contribution in [-0.4, -0.2) is 38.2 Å². The molecule has 1 aliphatic heterocycles. The van der Waals surface area contributed by atoms with Crippen LogP contribution in [0.2, 0.25) is 0 Å². The van der Waals surface area contributed by atoms with Gasteiger partial charge in [0.25, 0.3) is 0 Å². The molecule has 0 radical (unpaired) electrons. The molecule has 144 valence electrons. The van der Waals surface area contributed by atoms with Gasteiger partial charge in [-0.1, -0.05) is 6.42 Å². The molecule has 0 spiro atoms. The van der Waals surface area contributed by atoms with Crippen molar-refractivity contribution < 1.29 is 14.3 Å². The lowest BCUT2D eigenvalue weighted by molar-refractivity contribution is -0.127. The van der Waals surface area contributed by atoms with Gasteiger partial charge in [-0.25, -0.2) is 0 Å². The third kappa shape index (κ3) is 5.93. The van der Waals surface area contributed by atoms with Crippen LogP contribution < -0.4 is 25.8 Å². The number of aliphatic imine (C=N–C) groups is 1. The predicted octanol–water partition coefficient (Wildman–Crippen LogP) is 2.50. The average Bonchev–Trinajstić information content (AvgIpc) is 2.77. The number of nitrogens with one attached hydrogen (secondary N) is 2. The highest BCUT2D eigenvalue weighted by molar-refractivity contribution is 14.0. The standard InChI is InChI=1S/C18H26N4O3.HI/c19-18(21-9-2-8-20-17(23)13-4-1-5-13)22-14-6-7-15-16(12-14)25-11-3-10-24-15;/h6-7,12-13H,1-5,8-11H2,(H,20,23)(H3,19,21,22);1H. The lowest BCUT2D eigenvalue weighted by Crippen LogP contribution is -2.35. The number of carbonyl (C=O) groups is 1. The number of nitrogens with two attached hydrogens (primary N) is 1. The maximum absolute atomic E-state index is 11.7. The van der Waals surface area contributed by atoms with Crippen molar-refractivity contribution in [3.05, 3.63) is 18.2 Å². The second-order valence-corrected chi connectivity index (χ2v) is 6.38. The Bertz CT molecular complexity index is 635. The highest BCUT2D eigenvalue weighted by Gasteiger charge is 2.24. The molecule has 0 aromatic heterocycles. The molecule has 0 unspecified atom stereocenters. The van der Waals surface area contributed by atoms with Gasteiger partial charge in [-0.05, 0) is 31.4 Å². The van der Waals surface area contributed by atoms with E-state index < -0.39 is 0 Å². The highest BCUT2D eigenvalue weighted by atomic mass is 127. The van der Waals surface area contributed by atoms with Gasteiger partial charge in [0.15, 0.2) is 17.5 Å². The summed E-state index contributed by atoms with van der Waals surface area (Å²) < 4.78 is 11.3. The van der Waals surface area contributed by atoms with E-state index in [1.54, 1.807) is 0 Å². The van der Waals surface area contributed by atoms with Gasteiger partial charge in [0.05, 0.1) is 13.2 Å². The molecule has 1 aromatic rings. The first-order chi connectivity index (χ1) is 12.2. The molecule has 1 aromatic carbocycles. The van der Waals surface area contributed by atoms with Crippen molar-refractivity contribution in [2.75, 3.05) is 31.6 Å². The van der Waals surface area contributed by atoms with Gasteiger partial charge in [0.2, 0.25) is 5.91 Å². The second kappa shape index (κ2) is 10.4. The third-order valence-electron chi connectivity index (χ3n) is 4.41. The first kappa shape index (κ1) is 20.6. The van der Waals surface area contributed by atoms with E-state index in [-0.39, 0.29) is 35.8 Å².